The molecule has 0 aliphatic carbocycles. The summed E-state index contributed by atoms with van der Waals surface area (Å²) in [6.45, 7) is 5.53. The Morgan fingerprint density at radius 3 is 2.67 bits per heavy atom. The van der Waals surface area contributed by atoms with Gasteiger partial charge in [-0.25, -0.2) is 0 Å². The van der Waals surface area contributed by atoms with Crippen LogP contribution in [0.25, 0.3) is 0 Å². The number of hydrogen-bond acceptors (Lipinski definition) is 2. The second-order valence-corrected chi connectivity index (χ2v) is 5.47. The van der Waals surface area contributed by atoms with Gasteiger partial charge in [0, 0.05) is 18.0 Å². The third-order valence-electron chi connectivity index (χ3n) is 3.63. The first-order valence-corrected chi connectivity index (χ1v) is 7.02. The average molecular weight is 266 g/mol. The minimum Gasteiger partial charge on any atom is -0.303 e. The van der Waals surface area contributed by atoms with Gasteiger partial charge in [0.25, 0.3) is 0 Å². The third kappa shape index (κ3) is 3.33. The molecule has 0 spiro atoms. The van der Waals surface area contributed by atoms with Crippen LogP contribution in [0.1, 0.15) is 36.0 Å². The summed E-state index contributed by atoms with van der Waals surface area (Å²) in [5, 5.41) is 0.802. The van der Waals surface area contributed by atoms with Gasteiger partial charge in [-0.15, -0.1) is 0 Å². The summed E-state index contributed by atoms with van der Waals surface area (Å²) in [4.78, 5) is 12.9. The Hall–Kier alpha value is -0.860. The lowest BCUT2D eigenvalue weighted by molar-refractivity contribution is -0.107. The SMILES string of the molecule is Cc1cc(CCC=O)c(Cl)cc1CN1CCCC1. The largest absolute Gasteiger partial charge is 0.303 e. The van der Waals surface area contributed by atoms with Gasteiger partial charge >= 0.3 is 0 Å². The Morgan fingerprint density at radius 2 is 2.00 bits per heavy atom. The molecule has 18 heavy (non-hydrogen) atoms. The van der Waals surface area contributed by atoms with Crippen LogP contribution in [-0.2, 0) is 17.8 Å². The topological polar surface area (TPSA) is 20.3 Å². The van der Waals surface area contributed by atoms with E-state index in [1.54, 1.807) is 0 Å². The van der Waals surface area contributed by atoms with Gasteiger partial charge in [-0.05, 0) is 62.0 Å². The smallest absolute Gasteiger partial charge is 0.120 e. The number of carbonyl (C=O) groups excluding carboxylic acids is 1. The van der Waals surface area contributed by atoms with Crippen LogP contribution in [-0.4, -0.2) is 24.3 Å². The van der Waals surface area contributed by atoms with Crippen LogP contribution in [0.15, 0.2) is 12.1 Å². The van der Waals surface area contributed by atoms with Gasteiger partial charge in [0.15, 0.2) is 0 Å². The maximum absolute atomic E-state index is 10.4. The zero-order valence-corrected chi connectivity index (χ0v) is 11.7. The Kier molecular flexibility index (Phi) is 4.79. The molecule has 1 fully saturated rings. The highest BCUT2D eigenvalue weighted by Crippen LogP contribution is 2.24. The fraction of sp³-hybridized carbons (Fsp3) is 0.533. The maximum atomic E-state index is 10.4. The Bertz CT molecular complexity index is 425. The van der Waals surface area contributed by atoms with Crippen LogP contribution in [0.5, 0.6) is 0 Å². The fourth-order valence-electron chi connectivity index (χ4n) is 2.54. The summed E-state index contributed by atoms with van der Waals surface area (Å²) in [6, 6.07) is 4.21. The number of rotatable bonds is 5. The first kappa shape index (κ1) is 13.6. The van der Waals surface area contributed by atoms with Crippen LogP contribution >= 0.6 is 11.6 Å². The maximum Gasteiger partial charge on any atom is 0.120 e. The zero-order valence-electron chi connectivity index (χ0n) is 10.9. The van der Waals surface area contributed by atoms with Crippen molar-refractivity contribution in [2.24, 2.45) is 0 Å². The molecule has 0 saturated carbocycles. The minimum atomic E-state index is 0.546. The highest BCUT2D eigenvalue weighted by molar-refractivity contribution is 6.31. The van der Waals surface area contributed by atoms with Crippen LogP contribution in [0.4, 0.5) is 0 Å². The second-order valence-electron chi connectivity index (χ2n) is 5.06. The number of aryl methyl sites for hydroxylation is 2. The van der Waals surface area contributed by atoms with Crippen molar-refractivity contribution in [2.45, 2.75) is 39.2 Å². The van der Waals surface area contributed by atoms with Gasteiger partial charge in [-0.3, -0.25) is 4.90 Å². The number of benzene rings is 1. The second kappa shape index (κ2) is 6.35. The molecular formula is C15H20ClNO. The van der Waals surface area contributed by atoms with E-state index in [-0.39, 0.29) is 0 Å². The molecule has 0 amide bonds. The quantitative estimate of drug-likeness (QED) is 0.761. The number of carbonyl (C=O) groups is 1. The molecule has 2 rings (SSSR count). The summed E-state index contributed by atoms with van der Waals surface area (Å²) in [6.07, 6.45) is 4.86. The van der Waals surface area contributed by atoms with Crippen molar-refractivity contribution < 1.29 is 4.79 Å². The number of halogens is 1. The van der Waals surface area contributed by atoms with Crippen molar-refractivity contribution in [3.05, 3.63) is 33.8 Å². The molecule has 1 saturated heterocycles. The highest BCUT2D eigenvalue weighted by atomic mass is 35.5. The molecular weight excluding hydrogens is 246 g/mol. The first-order chi connectivity index (χ1) is 8.70. The molecule has 0 radical (unpaired) electrons. The Morgan fingerprint density at radius 1 is 1.28 bits per heavy atom. The minimum absolute atomic E-state index is 0.546. The normalized spacial score (nSPS) is 16.1. The van der Waals surface area contributed by atoms with E-state index in [1.165, 1.54) is 37.1 Å². The number of nitrogens with zero attached hydrogens (tertiary/aromatic N) is 1. The molecule has 0 aromatic heterocycles. The molecule has 0 bridgehead atoms. The van der Waals surface area contributed by atoms with E-state index >= 15 is 0 Å². The summed E-state index contributed by atoms with van der Waals surface area (Å²) in [5.41, 5.74) is 3.69. The number of hydrogen-bond donors (Lipinski definition) is 0. The van der Waals surface area contributed by atoms with Crippen LogP contribution in [0.3, 0.4) is 0 Å². The molecule has 1 aromatic carbocycles. The Labute approximate surface area is 114 Å². The van der Waals surface area contributed by atoms with Crippen molar-refractivity contribution in [2.75, 3.05) is 13.1 Å². The lowest BCUT2D eigenvalue weighted by atomic mass is 10.0. The van der Waals surface area contributed by atoms with E-state index in [9.17, 15) is 4.79 Å². The van der Waals surface area contributed by atoms with Gasteiger partial charge in [0.1, 0.15) is 6.29 Å². The lowest BCUT2D eigenvalue weighted by Gasteiger charge is -2.17. The zero-order chi connectivity index (χ0) is 13.0. The molecule has 1 aromatic rings. The summed E-state index contributed by atoms with van der Waals surface area (Å²) >= 11 is 6.29. The average Bonchev–Trinajstić information content (AvgIpc) is 2.84. The van der Waals surface area contributed by atoms with E-state index in [0.29, 0.717) is 6.42 Å². The molecule has 0 unspecified atom stereocenters. The van der Waals surface area contributed by atoms with Crippen molar-refractivity contribution in [1.82, 2.24) is 4.90 Å². The predicted molar refractivity (Wildman–Crippen MR) is 75.1 cm³/mol. The van der Waals surface area contributed by atoms with Crippen LogP contribution in [0.2, 0.25) is 5.02 Å². The fourth-order valence-corrected chi connectivity index (χ4v) is 2.82. The van der Waals surface area contributed by atoms with Crippen molar-refractivity contribution in [3.63, 3.8) is 0 Å². The number of aldehydes is 1. The van der Waals surface area contributed by atoms with Gasteiger partial charge in [0.2, 0.25) is 0 Å². The summed E-state index contributed by atoms with van der Waals surface area (Å²) in [5.74, 6) is 0. The first-order valence-electron chi connectivity index (χ1n) is 6.64. The van der Waals surface area contributed by atoms with Crippen molar-refractivity contribution in [3.8, 4) is 0 Å². The van der Waals surface area contributed by atoms with Gasteiger partial charge in [0.05, 0.1) is 0 Å². The Balaban J connectivity index is 2.11. The standard InChI is InChI=1S/C15H20ClNO/c1-12-9-13(5-4-8-18)15(16)10-14(12)11-17-6-2-3-7-17/h8-10H,2-7,11H2,1H3. The van der Waals surface area contributed by atoms with E-state index in [2.05, 4.69) is 24.0 Å². The predicted octanol–water partition coefficient (Wildman–Crippen LogP) is 3.38. The molecule has 0 N–H and O–H groups in total. The monoisotopic (exact) mass is 265 g/mol. The molecule has 2 nitrogen and oxygen atoms in total. The molecule has 0 atom stereocenters. The van der Waals surface area contributed by atoms with E-state index in [4.69, 9.17) is 11.6 Å². The van der Waals surface area contributed by atoms with Gasteiger partial charge in [-0.1, -0.05) is 17.7 Å². The third-order valence-corrected chi connectivity index (χ3v) is 3.98. The van der Waals surface area contributed by atoms with E-state index in [1.807, 2.05) is 0 Å². The highest BCUT2D eigenvalue weighted by Gasteiger charge is 2.14. The van der Waals surface area contributed by atoms with E-state index in [0.717, 1.165) is 29.8 Å². The van der Waals surface area contributed by atoms with Gasteiger partial charge < -0.3 is 4.79 Å². The molecule has 98 valence electrons. The van der Waals surface area contributed by atoms with Crippen molar-refractivity contribution in [1.29, 1.82) is 0 Å². The molecule has 3 heteroatoms. The lowest BCUT2D eigenvalue weighted by Crippen LogP contribution is -2.19. The molecule has 1 aliphatic rings. The molecule has 1 heterocycles. The molecule has 1 aliphatic heterocycles. The van der Waals surface area contributed by atoms with Crippen LogP contribution < -0.4 is 0 Å². The van der Waals surface area contributed by atoms with Crippen molar-refractivity contribution >= 4 is 17.9 Å². The summed E-state index contributed by atoms with van der Waals surface area (Å²) < 4.78 is 0. The number of likely N-dealkylation sites (tertiary alicyclic amines) is 1. The summed E-state index contributed by atoms with van der Waals surface area (Å²) in [7, 11) is 0. The van der Waals surface area contributed by atoms with E-state index < -0.39 is 0 Å². The van der Waals surface area contributed by atoms with Gasteiger partial charge in [-0.2, -0.15) is 0 Å². The van der Waals surface area contributed by atoms with Crippen LogP contribution in [0, 0.1) is 6.92 Å².